The number of pyridine rings is 1. The molecule has 0 radical (unpaired) electrons. The number of imidazole rings is 1. The summed E-state index contributed by atoms with van der Waals surface area (Å²) in [5.41, 5.74) is 0.542. The van der Waals surface area contributed by atoms with Crippen molar-refractivity contribution in [3.8, 4) is 0 Å². The molecule has 0 aliphatic rings. The Balaban J connectivity index is 1.69. The molecule has 3 rings (SSSR count). The lowest BCUT2D eigenvalue weighted by molar-refractivity contribution is -0.124. The molecule has 0 aliphatic carbocycles. The number of carbonyl (C=O) groups is 2. The second-order valence-electron chi connectivity index (χ2n) is 6.85. The predicted octanol–water partition coefficient (Wildman–Crippen LogP) is 3.34. The van der Waals surface area contributed by atoms with Gasteiger partial charge in [-0.05, 0) is 30.2 Å². The zero-order chi connectivity index (χ0) is 21.1. The van der Waals surface area contributed by atoms with E-state index < -0.39 is 35.1 Å². The second-order valence-corrected chi connectivity index (χ2v) is 7.29. The molecule has 2 aromatic heterocycles. The maximum Gasteiger partial charge on any atom is 0.257 e. The average Bonchev–Trinajstić information content (AvgIpc) is 3.05. The van der Waals surface area contributed by atoms with Crippen molar-refractivity contribution in [2.24, 2.45) is 5.92 Å². The molecule has 1 atom stereocenters. The molecule has 152 valence electrons. The summed E-state index contributed by atoms with van der Waals surface area (Å²) >= 11 is 5.94. The highest BCUT2D eigenvalue weighted by Gasteiger charge is 2.27. The smallest absolute Gasteiger partial charge is 0.257 e. The first-order valence-corrected chi connectivity index (χ1v) is 9.29. The van der Waals surface area contributed by atoms with Crippen LogP contribution in [0, 0.1) is 17.6 Å². The minimum Gasteiger partial charge on any atom is -0.349 e. The van der Waals surface area contributed by atoms with Gasteiger partial charge < -0.3 is 15.0 Å². The van der Waals surface area contributed by atoms with Crippen molar-refractivity contribution in [1.29, 1.82) is 0 Å². The summed E-state index contributed by atoms with van der Waals surface area (Å²) in [5, 5.41) is 5.65. The molecular weight excluding hydrogens is 402 g/mol. The van der Waals surface area contributed by atoms with Crippen LogP contribution in [0.3, 0.4) is 0 Å². The van der Waals surface area contributed by atoms with Crippen molar-refractivity contribution >= 4 is 29.1 Å². The second kappa shape index (κ2) is 8.57. The molecule has 9 heteroatoms. The Morgan fingerprint density at radius 3 is 2.48 bits per heavy atom. The van der Waals surface area contributed by atoms with Gasteiger partial charge in [-0.2, -0.15) is 0 Å². The highest BCUT2D eigenvalue weighted by molar-refractivity contribution is 6.30. The summed E-state index contributed by atoms with van der Waals surface area (Å²) in [7, 11) is 0. The van der Waals surface area contributed by atoms with Gasteiger partial charge in [0.25, 0.3) is 5.91 Å². The summed E-state index contributed by atoms with van der Waals surface area (Å²) in [6.45, 7) is 3.55. The van der Waals surface area contributed by atoms with E-state index in [-0.39, 0.29) is 12.5 Å². The van der Waals surface area contributed by atoms with Crippen LogP contribution >= 0.6 is 11.6 Å². The van der Waals surface area contributed by atoms with E-state index >= 15 is 0 Å². The summed E-state index contributed by atoms with van der Waals surface area (Å²) in [5.74, 6) is -3.77. The fourth-order valence-corrected chi connectivity index (χ4v) is 3.02. The topological polar surface area (TPSA) is 75.5 Å². The van der Waals surface area contributed by atoms with E-state index in [0.29, 0.717) is 16.4 Å². The van der Waals surface area contributed by atoms with Crippen molar-refractivity contribution in [2.45, 2.75) is 26.4 Å². The number of amides is 2. The van der Waals surface area contributed by atoms with Crippen LogP contribution in [-0.2, 0) is 11.3 Å². The average molecular weight is 421 g/mol. The Labute approximate surface area is 170 Å². The molecule has 2 heterocycles. The molecule has 1 unspecified atom stereocenters. The number of carbonyl (C=O) groups excluding carboxylic acids is 2. The number of aromatic nitrogens is 2. The fraction of sp³-hybridized carbons (Fsp3) is 0.250. The molecule has 0 fully saturated rings. The third-order valence-corrected chi connectivity index (χ3v) is 4.56. The Morgan fingerprint density at radius 1 is 1.14 bits per heavy atom. The molecule has 0 bridgehead atoms. The molecule has 0 aliphatic heterocycles. The normalized spacial score (nSPS) is 12.2. The quantitative estimate of drug-likeness (QED) is 0.642. The number of hydrogen-bond donors (Lipinski definition) is 2. The van der Waals surface area contributed by atoms with E-state index in [4.69, 9.17) is 11.6 Å². The number of rotatable bonds is 6. The summed E-state index contributed by atoms with van der Waals surface area (Å²) in [6.07, 6.45) is 3.41. The molecular formula is C20H19ClF2N4O2. The molecule has 2 N–H and O–H groups in total. The van der Waals surface area contributed by atoms with E-state index in [1.165, 1.54) is 0 Å². The minimum absolute atomic E-state index is 0.116. The Kier molecular flexibility index (Phi) is 6.12. The van der Waals surface area contributed by atoms with E-state index in [1.807, 2.05) is 0 Å². The molecule has 3 aromatic rings. The first-order chi connectivity index (χ1) is 13.8. The maximum atomic E-state index is 13.8. The van der Waals surface area contributed by atoms with Gasteiger partial charge in [0, 0.05) is 12.4 Å². The van der Waals surface area contributed by atoms with E-state index in [2.05, 4.69) is 15.6 Å². The highest BCUT2D eigenvalue weighted by atomic mass is 35.5. The molecule has 29 heavy (non-hydrogen) atoms. The minimum atomic E-state index is -0.992. The zero-order valence-corrected chi connectivity index (χ0v) is 16.5. The maximum absolute atomic E-state index is 13.8. The Morgan fingerprint density at radius 2 is 1.83 bits per heavy atom. The van der Waals surface area contributed by atoms with Gasteiger partial charge in [0.2, 0.25) is 5.91 Å². The first-order valence-electron chi connectivity index (χ1n) is 8.92. The Bertz CT molecular complexity index is 1050. The van der Waals surface area contributed by atoms with Crippen LogP contribution < -0.4 is 10.6 Å². The lowest BCUT2D eigenvalue weighted by Crippen LogP contribution is -2.49. The first kappa shape index (κ1) is 20.7. The number of fused-ring (bicyclic) bond motifs is 1. The number of halogens is 3. The SMILES string of the molecule is CC(C)C(NC(=O)c1c(F)cccc1F)C(=O)NCc1cn2cc(Cl)ccc2n1. The van der Waals surface area contributed by atoms with Crippen molar-refractivity contribution in [3.05, 3.63) is 70.6 Å². The number of nitrogens with one attached hydrogen (secondary N) is 2. The summed E-state index contributed by atoms with van der Waals surface area (Å²) in [4.78, 5) is 29.3. The van der Waals surface area contributed by atoms with Gasteiger partial charge in [0.15, 0.2) is 0 Å². The van der Waals surface area contributed by atoms with Crippen molar-refractivity contribution < 1.29 is 18.4 Å². The third-order valence-electron chi connectivity index (χ3n) is 4.33. The zero-order valence-electron chi connectivity index (χ0n) is 15.7. The lowest BCUT2D eigenvalue weighted by atomic mass is 10.0. The molecule has 0 saturated carbocycles. The van der Waals surface area contributed by atoms with Gasteiger partial charge in [-0.1, -0.05) is 31.5 Å². The standard InChI is InChI=1S/C20H19ClF2N4O2/c1-11(2)18(26-19(28)17-14(22)4-3-5-15(17)23)20(29)24-8-13-10-27-9-12(21)6-7-16(27)25-13/h3-7,9-11,18H,8H2,1-2H3,(H,24,29)(H,26,28). The van der Waals surface area contributed by atoms with Crippen molar-refractivity contribution in [3.63, 3.8) is 0 Å². The number of benzene rings is 1. The summed E-state index contributed by atoms with van der Waals surface area (Å²) in [6, 6.07) is 5.60. The summed E-state index contributed by atoms with van der Waals surface area (Å²) < 4.78 is 29.4. The molecule has 6 nitrogen and oxygen atoms in total. The van der Waals surface area contributed by atoms with Crippen LogP contribution in [0.25, 0.3) is 5.65 Å². The monoisotopic (exact) mass is 420 g/mol. The van der Waals surface area contributed by atoms with Gasteiger partial charge in [-0.15, -0.1) is 0 Å². The highest BCUT2D eigenvalue weighted by Crippen LogP contribution is 2.14. The number of nitrogens with zero attached hydrogens (tertiary/aromatic N) is 2. The van der Waals surface area contributed by atoms with Crippen LogP contribution in [-0.4, -0.2) is 27.2 Å². The number of hydrogen-bond acceptors (Lipinski definition) is 3. The van der Waals surface area contributed by atoms with Gasteiger partial charge in [-0.25, -0.2) is 13.8 Å². The lowest BCUT2D eigenvalue weighted by Gasteiger charge is -2.21. The molecule has 1 aromatic carbocycles. The van der Waals surface area contributed by atoms with Gasteiger partial charge in [0.05, 0.1) is 17.3 Å². The van der Waals surface area contributed by atoms with E-state index in [1.54, 1.807) is 42.8 Å². The van der Waals surface area contributed by atoms with Crippen LogP contribution in [0.2, 0.25) is 5.02 Å². The predicted molar refractivity (Wildman–Crippen MR) is 104 cm³/mol. The van der Waals surface area contributed by atoms with Crippen LogP contribution in [0.1, 0.15) is 29.9 Å². The molecule has 0 spiro atoms. The van der Waals surface area contributed by atoms with Gasteiger partial charge in [-0.3, -0.25) is 9.59 Å². The molecule has 0 saturated heterocycles. The fourth-order valence-electron chi connectivity index (χ4n) is 2.85. The van der Waals surface area contributed by atoms with Crippen molar-refractivity contribution in [1.82, 2.24) is 20.0 Å². The van der Waals surface area contributed by atoms with E-state index in [0.717, 1.165) is 18.2 Å². The van der Waals surface area contributed by atoms with Crippen molar-refractivity contribution in [2.75, 3.05) is 0 Å². The Hall–Kier alpha value is -3.00. The third kappa shape index (κ3) is 4.71. The van der Waals surface area contributed by atoms with Gasteiger partial charge >= 0.3 is 0 Å². The van der Waals surface area contributed by atoms with Crippen LogP contribution in [0.4, 0.5) is 8.78 Å². The van der Waals surface area contributed by atoms with E-state index in [9.17, 15) is 18.4 Å². The van der Waals surface area contributed by atoms with Crippen LogP contribution in [0.5, 0.6) is 0 Å². The molecule has 2 amide bonds. The van der Waals surface area contributed by atoms with Gasteiger partial charge in [0.1, 0.15) is 28.9 Å². The van der Waals surface area contributed by atoms with Crippen LogP contribution in [0.15, 0.2) is 42.7 Å². The largest absolute Gasteiger partial charge is 0.349 e.